The van der Waals surface area contributed by atoms with Gasteiger partial charge >= 0.3 is 6.18 Å². The lowest BCUT2D eigenvalue weighted by atomic mass is 10.0. The molecule has 17 heteroatoms. The number of halogens is 4. The molecule has 2 heterocycles. The van der Waals surface area contributed by atoms with Gasteiger partial charge in [0.1, 0.15) is 26.8 Å². The molecule has 1 saturated carbocycles. The first-order chi connectivity index (χ1) is 20.6. The van der Waals surface area contributed by atoms with Crippen LogP contribution in [0.4, 0.5) is 29.1 Å². The third-order valence-electron chi connectivity index (χ3n) is 6.79. The predicted octanol–water partition coefficient (Wildman–Crippen LogP) is 4.37. The number of hydrogen-bond donors (Lipinski definition) is 2. The molecule has 0 aliphatic heterocycles. The number of ether oxygens (including phenoxy) is 1. The molecule has 0 bridgehead atoms. The zero-order valence-corrected chi connectivity index (χ0v) is 24.7. The molecule has 12 nitrogen and oxygen atoms in total. The number of guanidine groups is 1. The number of aryl methyl sites for hydroxylation is 1. The number of benzene rings is 1. The number of sulfone groups is 1. The summed E-state index contributed by atoms with van der Waals surface area (Å²) in [7, 11) is -1.81. The van der Waals surface area contributed by atoms with Gasteiger partial charge in [-0.1, -0.05) is 17.3 Å². The van der Waals surface area contributed by atoms with Crippen LogP contribution in [-0.4, -0.2) is 67.2 Å². The van der Waals surface area contributed by atoms with Crippen molar-refractivity contribution in [3.8, 4) is 5.88 Å². The van der Waals surface area contributed by atoms with Gasteiger partial charge in [-0.25, -0.2) is 22.8 Å². The summed E-state index contributed by atoms with van der Waals surface area (Å²) in [5, 5.41) is 12.9. The fraction of sp³-hybridized carbons (Fsp3) is 0.370. The van der Waals surface area contributed by atoms with E-state index in [0.717, 1.165) is 12.3 Å². The van der Waals surface area contributed by atoms with Gasteiger partial charge in [0.15, 0.2) is 11.6 Å². The molecule has 0 unspecified atom stereocenters. The second kappa shape index (κ2) is 12.6. The van der Waals surface area contributed by atoms with Gasteiger partial charge < -0.3 is 19.9 Å². The molecule has 44 heavy (non-hydrogen) atoms. The number of nitrogens with one attached hydrogen (secondary N) is 2. The topological polar surface area (TPSA) is 153 Å². The molecule has 0 radical (unpaired) electrons. The lowest BCUT2D eigenvalue weighted by Gasteiger charge is -2.14. The van der Waals surface area contributed by atoms with Crippen molar-refractivity contribution < 1.29 is 40.0 Å². The Morgan fingerprint density at radius 3 is 2.59 bits per heavy atom. The van der Waals surface area contributed by atoms with Crippen molar-refractivity contribution in [1.82, 2.24) is 14.9 Å². The fourth-order valence-electron chi connectivity index (χ4n) is 4.13. The van der Waals surface area contributed by atoms with Gasteiger partial charge in [-0.15, -0.1) is 5.10 Å². The molecule has 1 aromatic carbocycles. The van der Waals surface area contributed by atoms with Crippen LogP contribution in [0.15, 0.2) is 51.2 Å². The summed E-state index contributed by atoms with van der Waals surface area (Å²) in [5.41, 5.74) is -0.673. The SMILES string of the molecule is C=N/C(=N\C=C(/C)c1ccc(CC(=O)Nc2cc(C3(C(F)(F)F)CC3)on2)c(F)c1)Nc1cn(CCS(C)(=O)=O)nc1OC. The summed E-state index contributed by atoms with van der Waals surface area (Å²) in [6.45, 7) is 5.25. The number of amides is 1. The lowest BCUT2D eigenvalue weighted by molar-refractivity contribution is -0.165. The van der Waals surface area contributed by atoms with Gasteiger partial charge in [-0.3, -0.25) is 9.48 Å². The van der Waals surface area contributed by atoms with Crippen LogP contribution in [0.25, 0.3) is 5.57 Å². The van der Waals surface area contributed by atoms with Crippen molar-refractivity contribution >= 4 is 45.5 Å². The molecule has 2 aromatic heterocycles. The Bertz CT molecular complexity index is 1720. The first-order valence-corrected chi connectivity index (χ1v) is 15.1. The van der Waals surface area contributed by atoms with Crippen LogP contribution in [0.2, 0.25) is 0 Å². The van der Waals surface area contributed by atoms with Crippen LogP contribution in [0.3, 0.4) is 0 Å². The van der Waals surface area contributed by atoms with E-state index in [2.05, 4.69) is 37.6 Å². The normalized spacial score (nSPS) is 15.2. The molecule has 1 aliphatic rings. The number of anilines is 2. The molecule has 0 atom stereocenters. The molecule has 0 saturated heterocycles. The zero-order chi connectivity index (χ0) is 32.3. The van der Waals surface area contributed by atoms with Gasteiger partial charge in [0.05, 0.1) is 32.0 Å². The van der Waals surface area contributed by atoms with Crippen LogP contribution in [0, 0.1) is 5.82 Å². The average molecular weight is 640 g/mol. The maximum atomic E-state index is 14.9. The molecule has 3 aromatic rings. The number of carbonyl (C=O) groups is 1. The number of aliphatic imine (C=N–C) groups is 2. The minimum atomic E-state index is -4.49. The Morgan fingerprint density at radius 1 is 1.27 bits per heavy atom. The number of alkyl halides is 3. The molecule has 4 rings (SSSR count). The maximum Gasteiger partial charge on any atom is 0.401 e. The summed E-state index contributed by atoms with van der Waals surface area (Å²) >= 11 is 0. The van der Waals surface area contributed by atoms with Gasteiger partial charge in [-0.2, -0.15) is 13.2 Å². The molecule has 1 fully saturated rings. The van der Waals surface area contributed by atoms with Crippen molar-refractivity contribution in [3.05, 3.63) is 59.4 Å². The van der Waals surface area contributed by atoms with E-state index in [1.807, 2.05) is 0 Å². The molecule has 0 spiro atoms. The van der Waals surface area contributed by atoms with Crippen LogP contribution in [-0.2, 0) is 33.0 Å². The molecule has 1 amide bonds. The minimum absolute atomic E-state index is 0.0512. The van der Waals surface area contributed by atoms with E-state index >= 15 is 0 Å². The number of carbonyl (C=O) groups excluding carboxylic acids is 1. The minimum Gasteiger partial charge on any atom is -0.478 e. The van der Waals surface area contributed by atoms with Crippen molar-refractivity contribution in [1.29, 1.82) is 0 Å². The van der Waals surface area contributed by atoms with Gasteiger partial charge in [0.2, 0.25) is 11.9 Å². The monoisotopic (exact) mass is 639 g/mol. The molecular formula is C27H29F4N7O5S. The Balaban J connectivity index is 1.39. The van der Waals surface area contributed by atoms with Crippen molar-refractivity contribution in [2.75, 3.05) is 29.8 Å². The predicted molar refractivity (Wildman–Crippen MR) is 155 cm³/mol. The Kier molecular flexibility index (Phi) is 9.27. The smallest absolute Gasteiger partial charge is 0.401 e. The van der Waals surface area contributed by atoms with Gasteiger partial charge in [0.25, 0.3) is 5.88 Å². The van der Waals surface area contributed by atoms with Gasteiger partial charge in [0, 0.05) is 18.5 Å². The summed E-state index contributed by atoms with van der Waals surface area (Å²) < 4.78 is 89.1. The summed E-state index contributed by atoms with van der Waals surface area (Å²) in [5.74, 6) is -1.82. The van der Waals surface area contributed by atoms with Crippen molar-refractivity contribution in [3.63, 3.8) is 0 Å². The highest BCUT2D eigenvalue weighted by Crippen LogP contribution is 2.59. The third kappa shape index (κ3) is 7.69. The summed E-state index contributed by atoms with van der Waals surface area (Å²) in [6, 6.07) is 5.23. The van der Waals surface area contributed by atoms with E-state index in [0.29, 0.717) is 16.8 Å². The number of rotatable bonds is 11. The third-order valence-corrected chi connectivity index (χ3v) is 7.71. The lowest BCUT2D eigenvalue weighted by Crippen LogP contribution is -2.28. The second-order valence-corrected chi connectivity index (χ2v) is 12.4. The van der Waals surface area contributed by atoms with Crippen LogP contribution in [0.1, 0.15) is 36.7 Å². The Morgan fingerprint density at radius 2 is 2.00 bits per heavy atom. The second-order valence-electron chi connectivity index (χ2n) is 10.2. The van der Waals surface area contributed by atoms with Crippen molar-refractivity contribution in [2.45, 2.75) is 44.3 Å². The molecular weight excluding hydrogens is 610 g/mol. The average Bonchev–Trinajstić information content (AvgIpc) is 3.50. The van der Waals surface area contributed by atoms with Crippen LogP contribution >= 0.6 is 0 Å². The Hall–Kier alpha value is -4.54. The largest absolute Gasteiger partial charge is 0.478 e. The molecule has 1 aliphatic carbocycles. The van der Waals surface area contributed by atoms with Crippen LogP contribution < -0.4 is 15.4 Å². The van der Waals surface area contributed by atoms with E-state index in [1.165, 1.54) is 36.3 Å². The maximum absolute atomic E-state index is 14.9. The van der Waals surface area contributed by atoms with E-state index in [4.69, 9.17) is 9.26 Å². The Labute approximate surface area is 249 Å². The number of allylic oxidation sites excluding steroid dienone is 1. The standard InChI is InChI=1S/C27H29F4N7O5S/c1-16(14-33-25(32-2)34-20-15-38(36-24(20)42-3)9-10-44(4,40)41)17-5-6-18(19(28)11-17)12-23(39)35-22-13-21(43-37-22)26(7-8-26)27(29,30)31/h5-6,11,13-15H,2,7-10,12H2,1,3-4H3,(H,33,34)(H,35,37,39)/b16-14+. The van der Waals surface area contributed by atoms with Gasteiger partial charge in [-0.05, 0) is 49.2 Å². The highest BCUT2D eigenvalue weighted by atomic mass is 32.2. The number of hydrogen-bond acceptors (Lipinski definition) is 8. The van der Waals surface area contributed by atoms with Crippen molar-refractivity contribution in [2.24, 2.45) is 9.98 Å². The first-order valence-electron chi connectivity index (χ1n) is 13.0. The van der Waals surface area contributed by atoms with Crippen LogP contribution in [0.5, 0.6) is 5.88 Å². The van der Waals surface area contributed by atoms with E-state index in [9.17, 15) is 30.8 Å². The number of aromatic nitrogens is 3. The number of methoxy groups -OCH3 is 1. The summed E-state index contributed by atoms with van der Waals surface area (Å²) in [6.07, 6.45) is -1.06. The highest BCUT2D eigenvalue weighted by Gasteiger charge is 2.66. The molecule has 2 N–H and O–H groups in total. The highest BCUT2D eigenvalue weighted by molar-refractivity contribution is 7.90. The summed E-state index contributed by atoms with van der Waals surface area (Å²) in [4.78, 5) is 20.5. The van der Waals surface area contributed by atoms with E-state index in [-0.39, 0.29) is 54.1 Å². The molecule has 236 valence electrons. The fourth-order valence-corrected chi connectivity index (χ4v) is 4.65. The van der Waals surface area contributed by atoms with E-state index in [1.54, 1.807) is 13.0 Å². The van der Waals surface area contributed by atoms with E-state index < -0.39 is 39.6 Å². The quantitative estimate of drug-likeness (QED) is 0.178. The first kappa shape index (κ1) is 32.4. The zero-order valence-electron chi connectivity index (χ0n) is 23.9. The number of nitrogens with zero attached hydrogens (tertiary/aromatic N) is 5.